The topological polar surface area (TPSA) is 38.3 Å². The van der Waals surface area contributed by atoms with Gasteiger partial charge in [-0.25, -0.2) is 0 Å². The van der Waals surface area contributed by atoms with E-state index in [1.54, 1.807) is 0 Å². The highest BCUT2D eigenvalue weighted by molar-refractivity contribution is 5.81. The minimum atomic E-state index is -0.490. The number of benzene rings is 2. The summed E-state index contributed by atoms with van der Waals surface area (Å²) >= 11 is 0. The minimum absolute atomic E-state index is 0.0525. The third-order valence-electron chi connectivity index (χ3n) is 5.10. The van der Waals surface area contributed by atoms with Gasteiger partial charge in [-0.15, -0.1) is 0 Å². The van der Waals surface area contributed by atoms with E-state index in [-0.39, 0.29) is 11.9 Å². The van der Waals surface area contributed by atoms with Gasteiger partial charge in [-0.3, -0.25) is 4.79 Å². The Morgan fingerprint density at radius 3 is 2.54 bits per heavy atom. The molecule has 0 saturated heterocycles. The van der Waals surface area contributed by atoms with Crippen LogP contribution in [0, 0.1) is 0 Å². The Labute approximate surface area is 156 Å². The molecular weight excluding hydrogens is 322 g/mol. The molecule has 26 heavy (non-hydrogen) atoms. The Balaban J connectivity index is 1.48. The van der Waals surface area contributed by atoms with Gasteiger partial charge in [0, 0.05) is 6.04 Å². The van der Waals surface area contributed by atoms with Crippen molar-refractivity contribution in [1.82, 2.24) is 5.32 Å². The molecule has 2 aromatic carbocycles. The first-order chi connectivity index (χ1) is 12.6. The summed E-state index contributed by atoms with van der Waals surface area (Å²) in [5, 5.41) is 3.07. The molecule has 0 saturated carbocycles. The van der Waals surface area contributed by atoms with Crippen molar-refractivity contribution in [1.29, 1.82) is 0 Å². The summed E-state index contributed by atoms with van der Waals surface area (Å²) in [6.07, 6.45) is 6.17. The Bertz CT molecular complexity index is 726. The van der Waals surface area contributed by atoms with Gasteiger partial charge in [0.05, 0.1) is 0 Å². The fourth-order valence-electron chi connectivity index (χ4n) is 3.50. The molecule has 1 N–H and O–H groups in total. The third kappa shape index (κ3) is 5.10. The van der Waals surface area contributed by atoms with Gasteiger partial charge in [-0.1, -0.05) is 36.4 Å². The van der Waals surface area contributed by atoms with Crippen molar-refractivity contribution in [3.05, 3.63) is 65.2 Å². The van der Waals surface area contributed by atoms with Gasteiger partial charge in [-0.05, 0) is 81.2 Å². The zero-order valence-electron chi connectivity index (χ0n) is 15.8. The highest BCUT2D eigenvalue weighted by atomic mass is 16.5. The lowest BCUT2D eigenvalue weighted by atomic mass is 9.92. The zero-order chi connectivity index (χ0) is 18.4. The average Bonchev–Trinajstić information content (AvgIpc) is 2.67. The van der Waals surface area contributed by atoms with E-state index >= 15 is 0 Å². The minimum Gasteiger partial charge on any atom is -0.481 e. The molecule has 0 aliphatic heterocycles. The average molecular weight is 351 g/mol. The second-order valence-corrected chi connectivity index (χ2v) is 7.33. The molecule has 138 valence electrons. The van der Waals surface area contributed by atoms with Crippen molar-refractivity contribution >= 4 is 5.91 Å². The molecule has 0 aromatic heterocycles. The molecule has 0 heterocycles. The smallest absolute Gasteiger partial charge is 0.260 e. The Morgan fingerprint density at radius 1 is 1.04 bits per heavy atom. The van der Waals surface area contributed by atoms with E-state index in [9.17, 15) is 4.79 Å². The summed E-state index contributed by atoms with van der Waals surface area (Å²) in [6.45, 7) is 3.87. The van der Waals surface area contributed by atoms with Crippen LogP contribution in [0.3, 0.4) is 0 Å². The van der Waals surface area contributed by atoms with Crippen LogP contribution in [-0.2, 0) is 24.1 Å². The molecule has 0 fully saturated rings. The number of nitrogens with one attached hydrogen (secondary N) is 1. The largest absolute Gasteiger partial charge is 0.481 e. The maximum atomic E-state index is 12.4. The molecule has 1 amide bonds. The van der Waals surface area contributed by atoms with Crippen LogP contribution in [0.15, 0.2) is 48.5 Å². The highest BCUT2D eigenvalue weighted by Crippen LogP contribution is 2.25. The highest BCUT2D eigenvalue weighted by Gasteiger charge is 2.18. The van der Waals surface area contributed by atoms with Crippen LogP contribution in [0.25, 0.3) is 0 Å². The third-order valence-corrected chi connectivity index (χ3v) is 5.10. The van der Waals surface area contributed by atoms with Gasteiger partial charge in [0.2, 0.25) is 0 Å². The van der Waals surface area contributed by atoms with E-state index in [2.05, 4.69) is 29.6 Å². The maximum Gasteiger partial charge on any atom is 0.260 e. The monoisotopic (exact) mass is 351 g/mol. The molecule has 2 atom stereocenters. The van der Waals surface area contributed by atoms with Gasteiger partial charge in [0.1, 0.15) is 5.75 Å². The standard InChI is InChI=1S/C23H29NO2/c1-17(12-13-19-8-4-3-5-9-19)24-23(25)18(2)26-22-15-14-20-10-6-7-11-21(20)16-22/h3-5,8-9,14-18H,6-7,10-13H2,1-2H3,(H,24,25)/t17-,18+/m0/s1. The van der Waals surface area contributed by atoms with Crippen molar-refractivity contribution < 1.29 is 9.53 Å². The van der Waals surface area contributed by atoms with E-state index in [0.29, 0.717) is 0 Å². The van der Waals surface area contributed by atoms with Gasteiger partial charge in [-0.2, -0.15) is 0 Å². The first-order valence-corrected chi connectivity index (χ1v) is 9.74. The van der Waals surface area contributed by atoms with Crippen LogP contribution in [0.1, 0.15) is 49.8 Å². The normalized spacial score (nSPS) is 15.6. The van der Waals surface area contributed by atoms with Crippen LogP contribution < -0.4 is 10.1 Å². The van der Waals surface area contributed by atoms with Crippen LogP contribution in [-0.4, -0.2) is 18.1 Å². The summed E-state index contributed by atoms with van der Waals surface area (Å²) in [4.78, 5) is 12.4. The first-order valence-electron chi connectivity index (χ1n) is 9.74. The Kier molecular flexibility index (Phi) is 6.32. The summed E-state index contributed by atoms with van der Waals surface area (Å²) in [5.41, 5.74) is 4.10. The molecule has 0 radical (unpaired) electrons. The molecule has 3 heteroatoms. The van der Waals surface area contributed by atoms with Gasteiger partial charge < -0.3 is 10.1 Å². The predicted octanol–water partition coefficient (Wildman–Crippen LogP) is 4.47. The number of carbonyl (C=O) groups is 1. The Morgan fingerprint density at radius 2 is 1.77 bits per heavy atom. The SMILES string of the molecule is C[C@@H](CCc1ccccc1)NC(=O)[C@@H](C)Oc1ccc2c(c1)CCCC2. The summed E-state index contributed by atoms with van der Waals surface area (Å²) in [5.74, 6) is 0.744. The second kappa shape index (κ2) is 8.88. The number of carbonyl (C=O) groups excluding carboxylic acids is 1. The van der Waals surface area contributed by atoms with Crippen molar-refractivity contribution in [2.24, 2.45) is 0 Å². The van der Waals surface area contributed by atoms with E-state index in [4.69, 9.17) is 4.74 Å². The number of rotatable bonds is 7. The summed E-state index contributed by atoms with van der Waals surface area (Å²) in [7, 11) is 0. The molecule has 1 aliphatic rings. The lowest BCUT2D eigenvalue weighted by Crippen LogP contribution is -2.41. The van der Waals surface area contributed by atoms with Crippen LogP contribution in [0.4, 0.5) is 0 Å². The number of amides is 1. The fourth-order valence-corrected chi connectivity index (χ4v) is 3.50. The van der Waals surface area contributed by atoms with Gasteiger partial charge in [0.25, 0.3) is 5.91 Å². The van der Waals surface area contributed by atoms with Crippen LogP contribution >= 0.6 is 0 Å². The molecule has 0 bridgehead atoms. The van der Waals surface area contributed by atoms with Crippen molar-refractivity contribution in [3.63, 3.8) is 0 Å². The lowest BCUT2D eigenvalue weighted by molar-refractivity contribution is -0.127. The molecule has 0 unspecified atom stereocenters. The molecule has 3 rings (SSSR count). The van der Waals surface area contributed by atoms with E-state index in [0.717, 1.165) is 31.4 Å². The second-order valence-electron chi connectivity index (χ2n) is 7.33. The molecule has 3 nitrogen and oxygen atoms in total. The number of fused-ring (bicyclic) bond motifs is 1. The molecule has 2 aromatic rings. The van der Waals surface area contributed by atoms with Gasteiger partial charge >= 0.3 is 0 Å². The fraction of sp³-hybridized carbons (Fsp3) is 0.435. The van der Waals surface area contributed by atoms with Crippen LogP contribution in [0.2, 0.25) is 0 Å². The van der Waals surface area contributed by atoms with Crippen molar-refractivity contribution in [2.75, 3.05) is 0 Å². The summed E-state index contributed by atoms with van der Waals surface area (Å²) < 4.78 is 5.89. The number of ether oxygens (including phenoxy) is 1. The van der Waals surface area contributed by atoms with Gasteiger partial charge in [0.15, 0.2) is 6.10 Å². The Hall–Kier alpha value is -2.29. The van der Waals surface area contributed by atoms with Crippen molar-refractivity contribution in [2.45, 2.75) is 64.5 Å². The predicted molar refractivity (Wildman–Crippen MR) is 106 cm³/mol. The zero-order valence-corrected chi connectivity index (χ0v) is 15.8. The molecular formula is C23H29NO2. The van der Waals surface area contributed by atoms with Crippen LogP contribution in [0.5, 0.6) is 5.75 Å². The lowest BCUT2D eigenvalue weighted by Gasteiger charge is -2.21. The number of hydrogen-bond donors (Lipinski definition) is 1. The quantitative estimate of drug-likeness (QED) is 0.799. The van der Waals surface area contributed by atoms with E-state index in [1.165, 1.54) is 29.5 Å². The van der Waals surface area contributed by atoms with E-state index in [1.807, 2.05) is 38.1 Å². The maximum absolute atomic E-state index is 12.4. The number of aryl methyl sites for hydroxylation is 3. The number of hydrogen-bond acceptors (Lipinski definition) is 2. The first kappa shape index (κ1) is 18.5. The summed E-state index contributed by atoms with van der Waals surface area (Å²) in [6, 6.07) is 16.7. The molecule has 1 aliphatic carbocycles. The molecule has 0 spiro atoms. The van der Waals surface area contributed by atoms with E-state index < -0.39 is 6.10 Å². The van der Waals surface area contributed by atoms with Crippen molar-refractivity contribution in [3.8, 4) is 5.75 Å².